The lowest BCUT2D eigenvalue weighted by Crippen LogP contribution is -2.20. The van der Waals surface area contributed by atoms with E-state index in [0.29, 0.717) is 17.8 Å². The molecular weight excluding hydrogens is 243 g/mol. The number of ketones is 1. The average molecular weight is 258 g/mol. The maximum Gasteiger partial charge on any atom is 0.161 e. The van der Waals surface area contributed by atoms with Gasteiger partial charge in [0.2, 0.25) is 0 Å². The Morgan fingerprint density at radius 2 is 1.95 bits per heavy atom. The molecule has 4 heteroatoms. The molecule has 0 spiro atoms. The molecule has 3 nitrogen and oxygen atoms in total. The summed E-state index contributed by atoms with van der Waals surface area (Å²) in [6.07, 6.45) is 3.38. The summed E-state index contributed by atoms with van der Waals surface area (Å²) >= 11 is 0. The van der Waals surface area contributed by atoms with Crippen molar-refractivity contribution in [2.45, 2.75) is 13.5 Å². The van der Waals surface area contributed by atoms with E-state index in [1.54, 1.807) is 36.5 Å². The van der Waals surface area contributed by atoms with E-state index in [9.17, 15) is 9.18 Å². The summed E-state index contributed by atoms with van der Waals surface area (Å²) in [6, 6.07) is 8.29. The number of nitrogens with zero attached hydrogens (tertiary/aromatic N) is 2. The SMILES string of the molecule is CC(=O)c1cccc(F)c1N(C)Cc1ccncc1. The van der Waals surface area contributed by atoms with Gasteiger partial charge in [-0.1, -0.05) is 6.07 Å². The van der Waals surface area contributed by atoms with E-state index < -0.39 is 0 Å². The Morgan fingerprint density at radius 3 is 2.58 bits per heavy atom. The van der Waals surface area contributed by atoms with E-state index in [4.69, 9.17) is 0 Å². The van der Waals surface area contributed by atoms with Crippen LogP contribution in [0.4, 0.5) is 10.1 Å². The fourth-order valence-electron chi connectivity index (χ4n) is 2.03. The summed E-state index contributed by atoms with van der Waals surface area (Å²) in [5, 5.41) is 0. The molecule has 0 unspecified atom stereocenters. The smallest absolute Gasteiger partial charge is 0.161 e. The Kier molecular flexibility index (Phi) is 3.90. The second-order valence-electron chi connectivity index (χ2n) is 4.40. The number of rotatable bonds is 4. The molecule has 19 heavy (non-hydrogen) atoms. The van der Waals surface area contributed by atoms with Crippen LogP contribution in [0.2, 0.25) is 0 Å². The fraction of sp³-hybridized carbons (Fsp3) is 0.200. The summed E-state index contributed by atoms with van der Waals surface area (Å²) in [5.41, 5.74) is 1.75. The van der Waals surface area contributed by atoms with Crippen LogP contribution >= 0.6 is 0 Å². The van der Waals surface area contributed by atoms with Gasteiger partial charge >= 0.3 is 0 Å². The van der Waals surface area contributed by atoms with Crippen LogP contribution in [0.15, 0.2) is 42.7 Å². The first kappa shape index (κ1) is 13.2. The Morgan fingerprint density at radius 1 is 1.26 bits per heavy atom. The van der Waals surface area contributed by atoms with Crippen LogP contribution in [0.5, 0.6) is 0 Å². The van der Waals surface area contributed by atoms with Crippen LogP contribution in [0.25, 0.3) is 0 Å². The second-order valence-corrected chi connectivity index (χ2v) is 4.40. The number of pyridine rings is 1. The highest BCUT2D eigenvalue weighted by Gasteiger charge is 2.15. The molecule has 0 saturated heterocycles. The minimum atomic E-state index is -0.385. The van der Waals surface area contributed by atoms with Crippen LogP contribution in [0, 0.1) is 5.82 Å². The second kappa shape index (κ2) is 5.61. The van der Waals surface area contributed by atoms with Crippen molar-refractivity contribution < 1.29 is 9.18 Å². The van der Waals surface area contributed by atoms with E-state index >= 15 is 0 Å². The first-order chi connectivity index (χ1) is 9.09. The molecule has 2 aromatic rings. The first-order valence-corrected chi connectivity index (χ1v) is 5.99. The molecule has 0 fully saturated rings. The standard InChI is InChI=1S/C15H15FN2O/c1-11(19)13-4-3-5-14(16)15(13)18(2)10-12-6-8-17-9-7-12/h3-9H,10H2,1-2H3. The molecule has 98 valence electrons. The molecule has 0 bridgehead atoms. The lowest BCUT2D eigenvalue weighted by Gasteiger charge is -2.22. The zero-order valence-electron chi connectivity index (χ0n) is 10.9. The van der Waals surface area contributed by atoms with Gasteiger partial charge in [0, 0.05) is 31.5 Å². The maximum absolute atomic E-state index is 14.0. The van der Waals surface area contributed by atoms with Crippen LogP contribution in [0.3, 0.4) is 0 Å². The Hall–Kier alpha value is -2.23. The van der Waals surface area contributed by atoms with Crippen molar-refractivity contribution in [3.05, 3.63) is 59.7 Å². The van der Waals surface area contributed by atoms with E-state index in [2.05, 4.69) is 4.98 Å². The van der Waals surface area contributed by atoms with E-state index in [0.717, 1.165) is 5.56 Å². The predicted molar refractivity (Wildman–Crippen MR) is 72.7 cm³/mol. The van der Waals surface area contributed by atoms with Gasteiger partial charge in [-0.2, -0.15) is 0 Å². The molecule has 0 amide bonds. The molecule has 1 aromatic carbocycles. The number of hydrogen-bond acceptors (Lipinski definition) is 3. The summed E-state index contributed by atoms with van der Waals surface area (Å²) < 4.78 is 14.0. The van der Waals surface area contributed by atoms with Crippen molar-refractivity contribution in [3.63, 3.8) is 0 Å². The number of hydrogen-bond donors (Lipinski definition) is 0. The van der Waals surface area contributed by atoms with Crippen LogP contribution in [0.1, 0.15) is 22.8 Å². The lowest BCUT2D eigenvalue weighted by atomic mass is 10.1. The zero-order chi connectivity index (χ0) is 13.8. The number of carbonyl (C=O) groups excluding carboxylic acids is 1. The molecule has 1 aromatic heterocycles. The normalized spacial score (nSPS) is 10.3. The van der Waals surface area contributed by atoms with Crippen LogP contribution in [-0.4, -0.2) is 17.8 Å². The topological polar surface area (TPSA) is 33.2 Å². The number of benzene rings is 1. The summed E-state index contributed by atoms with van der Waals surface area (Å²) in [6.45, 7) is 1.96. The fourth-order valence-corrected chi connectivity index (χ4v) is 2.03. The Labute approximate surface area is 111 Å². The van der Waals surface area contributed by atoms with Gasteiger partial charge < -0.3 is 4.90 Å². The number of halogens is 1. The average Bonchev–Trinajstić information content (AvgIpc) is 2.39. The predicted octanol–water partition coefficient (Wildman–Crippen LogP) is 3.06. The monoisotopic (exact) mass is 258 g/mol. The Bertz CT molecular complexity index is 584. The van der Waals surface area contributed by atoms with Gasteiger partial charge in [0.1, 0.15) is 5.82 Å². The number of para-hydroxylation sites is 1. The molecule has 0 atom stereocenters. The summed E-state index contributed by atoms with van der Waals surface area (Å²) in [4.78, 5) is 17.3. The highest BCUT2D eigenvalue weighted by molar-refractivity contribution is 5.99. The van der Waals surface area contributed by atoms with E-state index in [1.165, 1.54) is 13.0 Å². The highest BCUT2D eigenvalue weighted by Crippen LogP contribution is 2.25. The van der Waals surface area contributed by atoms with Crippen molar-refractivity contribution in [3.8, 4) is 0 Å². The maximum atomic E-state index is 14.0. The quantitative estimate of drug-likeness (QED) is 0.790. The van der Waals surface area contributed by atoms with Crippen molar-refractivity contribution in [2.75, 3.05) is 11.9 Å². The van der Waals surface area contributed by atoms with Crippen molar-refractivity contribution >= 4 is 11.5 Å². The zero-order valence-corrected chi connectivity index (χ0v) is 10.9. The van der Waals surface area contributed by atoms with Crippen molar-refractivity contribution in [1.82, 2.24) is 4.98 Å². The van der Waals surface area contributed by atoms with Crippen LogP contribution in [-0.2, 0) is 6.54 Å². The van der Waals surface area contributed by atoms with Gasteiger partial charge in [-0.25, -0.2) is 4.39 Å². The number of Topliss-reactive ketones (excluding diaryl/α,β-unsaturated/α-hetero) is 1. The van der Waals surface area contributed by atoms with Gasteiger partial charge in [0.05, 0.1) is 5.69 Å². The molecule has 0 aliphatic rings. The van der Waals surface area contributed by atoms with Gasteiger partial charge in [0.25, 0.3) is 0 Å². The van der Waals surface area contributed by atoms with E-state index in [1.807, 2.05) is 12.1 Å². The minimum Gasteiger partial charge on any atom is -0.367 e. The van der Waals surface area contributed by atoms with Crippen molar-refractivity contribution in [1.29, 1.82) is 0 Å². The summed E-state index contributed by atoms with van der Waals surface area (Å²) in [5.74, 6) is -0.527. The third kappa shape index (κ3) is 2.96. The van der Waals surface area contributed by atoms with Gasteiger partial charge in [-0.05, 0) is 36.8 Å². The molecular formula is C15H15FN2O. The Balaban J connectivity index is 2.33. The van der Waals surface area contributed by atoms with E-state index in [-0.39, 0.29) is 11.6 Å². The third-order valence-corrected chi connectivity index (χ3v) is 2.92. The lowest BCUT2D eigenvalue weighted by molar-refractivity contribution is 0.101. The number of carbonyl (C=O) groups is 1. The van der Waals surface area contributed by atoms with Crippen LogP contribution < -0.4 is 4.90 Å². The first-order valence-electron chi connectivity index (χ1n) is 5.99. The third-order valence-electron chi connectivity index (χ3n) is 2.92. The highest BCUT2D eigenvalue weighted by atomic mass is 19.1. The molecule has 0 radical (unpaired) electrons. The van der Waals surface area contributed by atoms with Gasteiger partial charge in [-0.15, -0.1) is 0 Å². The minimum absolute atomic E-state index is 0.143. The number of anilines is 1. The largest absolute Gasteiger partial charge is 0.367 e. The molecule has 0 aliphatic heterocycles. The van der Waals surface area contributed by atoms with Crippen molar-refractivity contribution in [2.24, 2.45) is 0 Å². The molecule has 2 rings (SSSR count). The van der Waals surface area contributed by atoms with Gasteiger partial charge in [-0.3, -0.25) is 9.78 Å². The molecule has 0 N–H and O–H groups in total. The molecule has 0 saturated carbocycles. The number of aromatic nitrogens is 1. The summed E-state index contributed by atoms with van der Waals surface area (Å²) in [7, 11) is 1.77. The molecule has 0 aliphatic carbocycles. The van der Waals surface area contributed by atoms with Gasteiger partial charge in [0.15, 0.2) is 5.78 Å². The molecule has 1 heterocycles.